The van der Waals surface area contributed by atoms with Crippen molar-refractivity contribution in [2.45, 2.75) is 24.9 Å². The Labute approximate surface area is 169 Å². The zero-order chi connectivity index (χ0) is 20.4. The maximum Gasteiger partial charge on any atom is 0.330 e. The summed E-state index contributed by atoms with van der Waals surface area (Å²) < 4.78 is 7.20. The van der Waals surface area contributed by atoms with E-state index in [1.807, 2.05) is 0 Å². The molecular weight excluding hydrogens is 458 g/mol. The first kappa shape index (κ1) is 20.3. The van der Waals surface area contributed by atoms with E-state index in [2.05, 4.69) is 40.8 Å². The van der Waals surface area contributed by atoms with Crippen molar-refractivity contribution in [1.82, 2.24) is 29.5 Å². The largest absolute Gasteiger partial charge is 0.394 e. The summed E-state index contributed by atoms with van der Waals surface area (Å²) in [6.07, 6.45) is 0.783. The molecule has 0 aliphatic carbocycles. The second-order valence-corrected chi connectivity index (χ2v) is 7.07. The number of aromatic amines is 3. The molecule has 150 valence electrons. The van der Waals surface area contributed by atoms with Crippen molar-refractivity contribution in [3.63, 3.8) is 0 Å². The second kappa shape index (κ2) is 8.32. The van der Waals surface area contributed by atoms with Gasteiger partial charge in [0, 0.05) is 12.6 Å². The third-order valence-corrected chi connectivity index (χ3v) is 4.80. The van der Waals surface area contributed by atoms with Crippen LogP contribution in [0.1, 0.15) is 12.6 Å². The molecule has 3 aromatic heterocycles. The fourth-order valence-corrected chi connectivity index (χ4v) is 3.16. The van der Waals surface area contributed by atoms with Crippen molar-refractivity contribution < 1.29 is 14.9 Å². The molecule has 1 aliphatic rings. The van der Waals surface area contributed by atoms with Crippen molar-refractivity contribution in [1.29, 1.82) is 0 Å². The van der Waals surface area contributed by atoms with Crippen LogP contribution in [0.3, 0.4) is 0 Å². The topological polar surface area (TPSA) is 188 Å². The van der Waals surface area contributed by atoms with Gasteiger partial charge in [-0.25, -0.2) is 9.78 Å². The van der Waals surface area contributed by atoms with Crippen molar-refractivity contribution in [2.75, 3.05) is 12.3 Å². The highest BCUT2D eigenvalue weighted by Gasteiger charge is 2.35. The standard InChI is InChI=1S/C9H11BrN2O5.C5H5N5S/c10-4-2-12(9(16)11-8(4)15)7-1-5(14)6(3-13)17-7;6-5-9-3-2(4(11)10-5)7-1-8-3/h2,5-7,13-14H,1,3H2,(H,11,15,16);1H,(H4,6,7,8,9,10,11)/t5-,6+,7+;/m0./s1. The summed E-state index contributed by atoms with van der Waals surface area (Å²) in [5, 5.41) is 18.5. The van der Waals surface area contributed by atoms with Gasteiger partial charge in [-0.1, -0.05) is 12.2 Å². The molecular formula is C14H16BrN7O5S. The number of aliphatic hydroxyl groups excluding tert-OH is 2. The van der Waals surface area contributed by atoms with E-state index in [4.69, 9.17) is 27.8 Å². The number of halogens is 1. The van der Waals surface area contributed by atoms with Gasteiger partial charge in [-0.2, -0.15) is 4.98 Å². The molecule has 0 spiro atoms. The van der Waals surface area contributed by atoms with Crippen molar-refractivity contribution in [2.24, 2.45) is 0 Å². The number of aliphatic hydroxyl groups is 2. The molecule has 0 amide bonds. The molecule has 0 radical (unpaired) electrons. The van der Waals surface area contributed by atoms with Gasteiger partial charge in [0.05, 0.1) is 23.5 Å². The molecule has 1 aliphatic heterocycles. The van der Waals surface area contributed by atoms with Gasteiger partial charge in [0.2, 0.25) is 5.95 Å². The molecule has 3 atom stereocenters. The SMILES string of the molecule is Nc1nc2nc[nH]c2c(=S)[nH]1.O=c1[nH]c(=O)n([C@H]2C[C@H](O)[C@@H](CO)O2)cc1Br. The molecule has 7 N–H and O–H groups in total. The van der Waals surface area contributed by atoms with Crippen LogP contribution >= 0.6 is 28.1 Å². The highest BCUT2D eigenvalue weighted by Crippen LogP contribution is 2.27. The van der Waals surface area contributed by atoms with Crippen LogP contribution in [0.4, 0.5) is 5.95 Å². The third kappa shape index (κ3) is 4.20. The second-order valence-electron chi connectivity index (χ2n) is 5.81. The first-order chi connectivity index (χ1) is 13.3. The number of anilines is 1. The Morgan fingerprint density at radius 2 is 2.18 bits per heavy atom. The maximum atomic E-state index is 11.5. The van der Waals surface area contributed by atoms with E-state index >= 15 is 0 Å². The number of fused-ring (bicyclic) bond motifs is 1. The van der Waals surface area contributed by atoms with E-state index < -0.39 is 29.7 Å². The Bertz CT molecular complexity index is 1160. The zero-order valence-electron chi connectivity index (χ0n) is 14.1. The number of hydrogen-bond acceptors (Lipinski definition) is 9. The Morgan fingerprint density at radius 3 is 2.86 bits per heavy atom. The van der Waals surface area contributed by atoms with Crippen LogP contribution < -0.4 is 17.0 Å². The summed E-state index contributed by atoms with van der Waals surface area (Å²) >= 11 is 7.95. The normalized spacial score (nSPS) is 21.5. The van der Waals surface area contributed by atoms with Crippen LogP contribution in [0.2, 0.25) is 0 Å². The monoisotopic (exact) mass is 473 g/mol. The lowest BCUT2D eigenvalue weighted by Crippen LogP contribution is -2.32. The van der Waals surface area contributed by atoms with Crippen LogP contribution in [-0.4, -0.2) is 58.5 Å². The number of nitrogens with one attached hydrogen (secondary N) is 3. The highest BCUT2D eigenvalue weighted by atomic mass is 79.9. The minimum absolute atomic E-state index is 0.184. The van der Waals surface area contributed by atoms with E-state index in [1.165, 1.54) is 17.1 Å². The fraction of sp³-hybridized carbons (Fsp3) is 0.357. The van der Waals surface area contributed by atoms with Crippen LogP contribution in [0, 0.1) is 4.64 Å². The minimum atomic E-state index is -0.831. The number of nitrogens with two attached hydrogens (primary N) is 1. The average molecular weight is 474 g/mol. The predicted molar refractivity (Wildman–Crippen MR) is 104 cm³/mol. The van der Waals surface area contributed by atoms with Gasteiger partial charge >= 0.3 is 5.69 Å². The van der Waals surface area contributed by atoms with Gasteiger partial charge < -0.3 is 30.7 Å². The zero-order valence-corrected chi connectivity index (χ0v) is 16.5. The lowest BCUT2D eigenvalue weighted by molar-refractivity contribution is -0.0459. The molecule has 4 rings (SSSR count). The number of ether oxygens (including phenoxy) is 1. The van der Waals surface area contributed by atoms with Crippen LogP contribution in [-0.2, 0) is 4.74 Å². The number of hydrogen-bond donors (Lipinski definition) is 6. The van der Waals surface area contributed by atoms with E-state index in [0.29, 0.717) is 15.8 Å². The summed E-state index contributed by atoms with van der Waals surface area (Å²) in [6, 6.07) is 0. The number of nitrogens with zero attached hydrogens (tertiary/aromatic N) is 3. The summed E-state index contributed by atoms with van der Waals surface area (Å²) in [5.74, 6) is 0.287. The Kier molecular flexibility index (Phi) is 6.04. The molecule has 28 heavy (non-hydrogen) atoms. The summed E-state index contributed by atoms with van der Waals surface area (Å²) in [5.41, 5.74) is 5.52. The minimum Gasteiger partial charge on any atom is -0.394 e. The molecule has 0 bridgehead atoms. The van der Waals surface area contributed by atoms with E-state index in [0.717, 1.165) is 0 Å². The van der Waals surface area contributed by atoms with Gasteiger partial charge in [0.15, 0.2) is 5.65 Å². The highest BCUT2D eigenvalue weighted by molar-refractivity contribution is 9.10. The molecule has 14 heteroatoms. The molecule has 0 aromatic carbocycles. The maximum absolute atomic E-state index is 11.5. The molecule has 1 fully saturated rings. The third-order valence-electron chi connectivity index (χ3n) is 3.93. The molecule has 3 aromatic rings. The van der Waals surface area contributed by atoms with Gasteiger partial charge in [-0.05, 0) is 15.9 Å². The number of rotatable bonds is 2. The lowest BCUT2D eigenvalue weighted by atomic mass is 10.2. The number of aromatic nitrogens is 6. The molecule has 0 saturated carbocycles. The van der Waals surface area contributed by atoms with Crippen molar-refractivity contribution in [3.05, 3.63) is 42.5 Å². The van der Waals surface area contributed by atoms with Gasteiger partial charge in [-0.15, -0.1) is 0 Å². The van der Waals surface area contributed by atoms with Crippen LogP contribution in [0.5, 0.6) is 0 Å². The van der Waals surface area contributed by atoms with Gasteiger partial charge in [0.25, 0.3) is 5.56 Å². The van der Waals surface area contributed by atoms with Crippen LogP contribution in [0.15, 0.2) is 26.6 Å². The molecule has 12 nitrogen and oxygen atoms in total. The lowest BCUT2D eigenvalue weighted by Gasteiger charge is -2.14. The average Bonchev–Trinajstić information content (AvgIpc) is 3.25. The predicted octanol–water partition coefficient (Wildman–Crippen LogP) is -0.463. The Balaban J connectivity index is 0.000000176. The molecule has 1 saturated heterocycles. The summed E-state index contributed by atoms with van der Waals surface area (Å²) in [4.78, 5) is 38.2. The smallest absolute Gasteiger partial charge is 0.330 e. The number of nitrogen functional groups attached to an aromatic ring is 1. The Hall–Kier alpha value is -2.39. The van der Waals surface area contributed by atoms with E-state index in [-0.39, 0.29) is 23.4 Å². The fourth-order valence-electron chi connectivity index (χ4n) is 2.58. The van der Waals surface area contributed by atoms with E-state index in [1.54, 1.807) is 0 Å². The summed E-state index contributed by atoms with van der Waals surface area (Å²) in [6.45, 7) is -0.322. The molecule has 4 heterocycles. The quantitative estimate of drug-likeness (QED) is 0.267. The van der Waals surface area contributed by atoms with Gasteiger partial charge in [-0.3, -0.25) is 14.3 Å². The summed E-state index contributed by atoms with van der Waals surface area (Å²) in [7, 11) is 0. The van der Waals surface area contributed by atoms with E-state index in [9.17, 15) is 14.7 Å². The van der Waals surface area contributed by atoms with Gasteiger partial charge in [0.1, 0.15) is 22.5 Å². The number of H-pyrrole nitrogens is 3. The first-order valence-corrected chi connectivity index (χ1v) is 9.14. The van der Waals surface area contributed by atoms with Crippen molar-refractivity contribution >= 4 is 45.3 Å². The first-order valence-electron chi connectivity index (χ1n) is 7.94. The van der Waals surface area contributed by atoms with Crippen molar-refractivity contribution in [3.8, 4) is 0 Å². The number of imidazole rings is 1. The van der Waals surface area contributed by atoms with Crippen LogP contribution in [0.25, 0.3) is 11.2 Å². The Morgan fingerprint density at radius 1 is 1.43 bits per heavy atom. The molecule has 0 unspecified atom stereocenters.